The molecule has 0 aliphatic carbocycles. The van der Waals surface area contributed by atoms with Gasteiger partial charge < -0.3 is 10.2 Å². The molecule has 0 bridgehead atoms. The van der Waals surface area contributed by atoms with E-state index in [4.69, 9.17) is 0 Å². The smallest absolute Gasteiger partial charge is 0.328 e. The highest BCUT2D eigenvalue weighted by Crippen LogP contribution is 2.35. The molecular formula is C26H19NO3. The fourth-order valence-electron chi connectivity index (χ4n) is 4.10. The van der Waals surface area contributed by atoms with Crippen LogP contribution in [0.3, 0.4) is 0 Å². The van der Waals surface area contributed by atoms with E-state index < -0.39 is 12.0 Å². The maximum Gasteiger partial charge on any atom is 0.328 e. The Morgan fingerprint density at radius 3 is 2.17 bits per heavy atom. The van der Waals surface area contributed by atoms with Crippen LogP contribution in [0.15, 0.2) is 83.9 Å². The second kappa shape index (κ2) is 7.16. The van der Waals surface area contributed by atoms with Gasteiger partial charge in [0, 0.05) is 18.2 Å². The molecule has 0 aliphatic rings. The molecule has 146 valence electrons. The summed E-state index contributed by atoms with van der Waals surface area (Å²) in [5, 5.41) is 26.1. The van der Waals surface area contributed by atoms with Gasteiger partial charge in [-0.05, 0) is 50.0 Å². The van der Waals surface area contributed by atoms with Gasteiger partial charge in [-0.1, -0.05) is 66.7 Å². The van der Waals surface area contributed by atoms with Crippen molar-refractivity contribution in [2.24, 2.45) is 4.99 Å². The zero-order valence-electron chi connectivity index (χ0n) is 16.1. The molecule has 5 aromatic rings. The van der Waals surface area contributed by atoms with Gasteiger partial charge in [0.25, 0.3) is 0 Å². The second-order valence-corrected chi connectivity index (χ2v) is 7.51. The first-order chi connectivity index (χ1) is 14.6. The van der Waals surface area contributed by atoms with Gasteiger partial charge in [-0.3, -0.25) is 4.99 Å². The number of hydrogen-bond acceptors (Lipinski definition) is 3. The number of carbonyl (C=O) groups is 1. The molecule has 0 spiro atoms. The summed E-state index contributed by atoms with van der Waals surface area (Å²) in [5.41, 5.74) is 1.71. The molecule has 5 rings (SSSR count). The summed E-state index contributed by atoms with van der Waals surface area (Å²) in [7, 11) is 0. The maximum absolute atomic E-state index is 11.8. The van der Waals surface area contributed by atoms with E-state index in [0.29, 0.717) is 0 Å². The topological polar surface area (TPSA) is 69.9 Å². The van der Waals surface area contributed by atoms with Crippen LogP contribution < -0.4 is 0 Å². The summed E-state index contributed by atoms with van der Waals surface area (Å²) in [5.74, 6) is -0.820. The average molecular weight is 393 g/mol. The van der Waals surface area contributed by atoms with E-state index in [1.54, 1.807) is 30.5 Å². The van der Waals surface area contributed by atoms with Crippen molar-refractivity contribution in [3.63, 3.8) is 0 Å². The molecule has 0 aromatic heterocycles. The molecule has 0 aliphatic heterocycles. The van der Waals surface area contributed by atoms with E-state index in [2.05, 4.69) is 53.5 Å². The largest absolute Gasteiger partial charge is 0.508 e. The van der Waals surface area contributed by atoms with Crippen LogP contribution >= 0.6 is 0 Å². The maximum atomic E-state index is 11.8. The van der Waals surface area contributed by atoms with Crippen LogP contribution in [0.5, 0.6) is 5.75 Å². The van der Waals surface area contributed by atoms with Gasteiger partial charge in [-0.2, -0.15) is 0 Å². The number of benzene rings is 5. The van der Waals surface area contributed by atoms with Gasteiger partial charge in [0.2, 0.25) is 0 Å². The van der Waals surface area contributed by atoms with E-state index in [-0.39, 0.29) is 12.2 Å². The Balaban J connectivity index is 1.57. The van der Waals surface area contributed by atoms with Gasteiger partial charge in [-0.15, -0.1) is 0 Å². The highest BCUT2D eigenvalue weighted by Gasteiger charge is 2.17. The Morgan fingerprint density at radius 2 is 1.47 bits per heavy atom. The molecular weight excluding hydrogens is 374 g/mol. The third kappa shape index (κ3) is 3.12. The summed E-state index contributed by atoms with van der Waals surface area (Å²) in [6.45, 7) is 0. The highest BCUT2D eigenvalue weighted by atomic mass is 16.4. The number of rotatable bonds is 5. The van der Waals surface area contributed by atoms with Crippen molar-refractivity contribution in [1.82, 2.24) is 0 Å². The molecule has 4 heteroatoms. The van der Waals surface area contributed by atoms with Crippen LogP contribution in [0, 0.1) is 0 Å². The van der Waals surface area contributed by atoms with Gasteiger partial charge in [0.15, 0.2) is 6.04 Å². The zero-order valence-corrected chi connectivity index (χ0v) is 16.1. The molecule has 5 aromatic carbocycles. The molecule has 0 heterocycles. The number of aliphatic imine (C=N–C) groups is 1. The SMILES string of the molecule is O=C(O)C(Cc1ccc(O)cc1)N=Cc1ccc2ccc3cccc4ccc1c2c34. The van der Waals surface area contributed by atoms with Gasteiger partial charge in [0.05, 0.1) is 0 Å². The van der Waals surface area contributed by atoms with Crippen LogP contribution in [0.1, 0.15) is 11.1 Å². The number of nitrogens with zero attached hydrogens (tertiary/aromatic N) is 1. The first-order valence-corrected chi connectivity index (χ1v) is 9.80. The second-order valence-electron chi connectivity index (χ2n) is 7.51. The molecule has 30 heavy (non-hydrogen) atoms. The van der Waals surface area contributed by atoms with Crippen LogP contribution in [0.4, 0.5) is 0 Å². The minimum atomic E-state index is -0.975. The van der Waals surface area contributed by atoms with E-state index in [0.717, 1.165) is 21.9 Å². The zero-order chi connectivity index (χ0) is 20.7. The highest BCUT2D eigenvalue weighted by molar-refractivity contribution is 6.25. The van der Waals surface area contributed by atoms with Crippen LogP contribution in [-0.4, -0.2) is 28.4 Å². The minimum Gasteiger partial charge on any atom is -0.508 e. The fraction of sp³-hybridized carbons (Fsp3) is 0.0769. The van der Waals surface area contributed by atoms with Crippen molar-refractivity contribution in [2.45, 2.75) is 12.5 Å². The van der Waals surface area contributed by atoms with E-state index in [9.17, 15) is 15.0 Å². The number of phenolic OH excluding ortho intramolecular Hbond substituents is 1. The minimum absolute atomic E-state index is 0.155. The number of aliphatic carboxylic acids is 1. The molecule has 1 atom stereocenters. The summed E-state index contributed by atoms with van der Waals surface area (Å²) >= 11 is 0. The first-order valence-electron chi connectivity index (χ1n) is 9.80. The Kier molecular flexibility index (Phi) is 4.32. The number of aromatic hydroxyl groups is 1. The molecule has 2 N–H and O–H groups in total. The molecule has 0 radical (unpaired) electrons. The monoisotopic (exact) mass is 393 g/mol. The summed E-state index contributed by atoms with van der Waals surface area (Å²) in [6, 6.07) is 24.4. The molecule has 0 amide bonds. The van der Waals surface area contributed by atoms with Crippen LogP contribution in [0.2, 0.25) is 0 Å². The van der Waals surface area contributed by atoms with Crippen LogP contribution in [-0.2, 0) is 11.2 Å². The molecule has 4 nitrogen and oxygen atoms in total. The van der Waals surface area contributed by atoms with Crippen molar-refractivity contribution in [1.29, 1.82) is 0 Å². The standard InChI is InChI=1S/C26H19NO3/c28-21-11-4-16(5-12-21)14-23(26(29)30)27-15-20-9-8-19-7-6-17-2-1-3-18-10-13-22(20)25(19)24(17)18/h1-13,15,23,28H,14H2,(H,29,30). The van der Waals surface area contributed by atoms with Gasteiger partial charge in [0.1, 0.15) is 5.75 Å². The predicted octanol–water partition coefficient (Wildman–Crippen LogP) is 5.40. The van der Waals surface area contributed by atoms with Crippen molar-refractivity contribution in [3.8, 4) is 5.75 Å². The normalized spacial score (nSPS) is 12.9. The fourth-order valence-corrected chi connectivity index (χ4v) is 4.10. The van der Waals surface area contributed by atoms with Crippen molar-refractivity contribution >= 4 is 44.5 Å². The van der Waals surface area contributed by atoms with Gasteiger partial charge >= 0.3 is 5.97 Å². The summed E-state index contributed by atoms with van der Waals surface area (Å²) < 4.78 is 0. The molecule has 0 saturated carbocycles. The number of carboxylic acids is 1. The summed E-state index contributed by atoms with van der Waals surface area (Å²) in [4.78, 5) is 16.2. The number of carboxylic acid groups (broad SMARTS) is 1. The lowest BCUT2D eigenvalue weighted by atomic mass is 9.92. The van der Waals surface area contributed by atoms with E-state index in [1.807, 2.05) is 6.07 Å². The molecule has 1 unspecified atom stereocenters. The van der Waals surface area contributed by atoms with E-state index in [1.165, 1.54) is 21.5 Å². The van der Waals surface area contributed by atoms with Crippen molar-refractivity contribution < 1.29 is 15.0 Å². The lowest BCUT2D eigenvalue weighted by Crippen LogP contribution is -2.20. The Hall–Kier alpha value is -3.92. The third-order valence-electron chi connectivity index (χ3n) is 5.61. The van der Waals surface area contributed by atoms with Crippen LogP contribution in [0.25, 0.3) is 32.3 Å². The van der Waals surface area contributed by atoms with Crippen molar-refractivity contribution in [2.75, 3.05) is 0 Å². The third-order valence-corrected chi connectivity index (χ3v) is 5.61. The molecule has 0 fully saturated rings. The average Bonchev–Trinajstić information content (AvgIpc) is 2.76. The quantitative estimate of drug-likeness (QED) is 0.310. The Morgan fingerprint density at radius 1 is 0.833 bits per heavy atom. The summed E-state index contributed by atoms with van der Waals surface area (Å²) in [6.07, 6.45) is 1.93. The number of phenols is 1. The Labute approximate surface area is 173 Å². The van der Waals surface area contributed by atoms with E-state index >= 15 is 0 Å². The lowest BCUT2D eigenvalue weighted by molar-refractivity contribution is -0.138. The predicted molar refractivity (Wildman–Crippen MR) is 121 cm³/mol. The van der Waals surface area contributed by atoms with Crippen molar-refractivity contribution in [3.05, 3.63) is 90.0 Å². The van der Waals surface area contributed by atoms with Gasteiger partial charge in [-0.25, -0.2) is 4.79 Å². The first kappa shape index (κ1) is 18.1. The lowest BCUT2D eigenvalue weighted by Gasteiger charge is -2.12. The number of hydrogen-bond donors (Lipinski definition) is 2. The Bertz CT molecular complexity index is 1390. The molecule has 0 saturated heterocycles.